The molecule has 0 spiro atoms. The van der Waals surface area contributed by atoms with Gasteiger partial charge in [0.15, 0.2) is 0 Å². The van der Waals surface area contributed by atoms with E-state index >= 15 is 0 Å². The molecular formula is C10H22N2O2. The standard InChI is InChI=1S/C10H22N2O2/c1-13-8-9-14-7-6-12(5-4-11)10-2-3-10/h10H,2-9,11H2,1H3. The van der Waals surface area contributed by atoms with E-state index < -0.39 is 0 Å². The molecule has 0 aromatic rings. The molecule has 0 aliphatic heterocycles. The van der Waals surface area contributed by atoms with Crippen molar-refractivity contribution in [2.24, 2.45) is 5.73 Å². The predicted octanol–water partition coefficient (Wildman–Crippen LogP) is 0.0725. The first-order chi connectivity index (χ1) is 6.88. The Morgan fingerprint density at radius 2 is 2.00 bits per heavy atom. The second-order valence-corrected chi connectivity index (χ2v) is 3.66. The van der Waals surface area contributed by atoms with Gasteiger partial charge in [0, 0.05) is 32.8 Å². The van der Waals surface area contributed by atoms with Crippen LogP contribution in [0.5, 0.6) is 0 Å². The van der Waals surface area contributed by atoms with E-state index in [9.17, 15) is 0 Å². The average Bonchev–Trinajstić information content (AvgIpc) is 2.99. The van der Waals surface area contributed by atoms with Crippen molar-refractivity contribution in [1.29, 1.82) is 0 Å². The second-order valence-electron chi connectivity index (χ2n) is 3.66. The van der Waals surface area contributed by atoms with Crippen molar-refractivity contribution in [1.82, 2.24) is 4.90 Å². The fourth-order valence-electron chi connectivity index (χ4n) is 1.51. The van der Waals surface area contributed by atoms with E-state index in [4.69, 9.17) is 15.2 Å². The summed E-state index contributed by atoms with van der Waals surface area (Å²) in [5, 5.41) is 0. The minimum atomic E-state index is 0.681. The summed E-state index contributed by atoms with van der Waals surface area (Å²) in [6.07, 6.45) is 2.66. The molecule has 1 aliphatic carbocycles. The predicted molar refractivity (Wildman–Crippen MR) is 56.3 cm³/mol. The zero-order valence-corrected chi connectivity index (χ0v) is 9.08. The van der Waals surface area contributed by atoms with Gasteiger partial charge in [0.1, 0.15) is 0 Å². The van der Waals surface area contributed by atoms with Crippen molar-refractivity contribution in [3.8, 4) is 0 Å². The van der Waals surface area contributed by atoms with E-state index in [0.717, 1.165) is 32.3 Å². The molecule has 0 aromatic heterocycles. The lowest BCUT2D eigenvalue weighted by molar-refractivity contribution is 0.0564. The SMILES string of the molecule is COCCOCCN(CCN)C1CC1. The smallest absolute Gasteiger partial charge is 0.0700 e. The van der Waals surface area contributed by atoms with Crippen molar-refractivity contribution in [3.63, 3.8) is 0 Å². The summed E-state index contributed by atoms with van der Waals surface area (Å²) in [7, 11) is 1.69. The maximum atomic E-state index is 5.54. The molecule has 1 rings (SSSR count). The Morgan fingerprint density at radius 3 is 2.57 bits per heavy atom. The first-order valence-electron chi connectivity index (χ1n) is 5.39. The molecule has 0 atom stereocenters. The van der Waals surface area contributed by atoms with Gasteiger partial charge >= 0.3 is 0 Å². The Bertz CT molecular complexity index is 140. The van der Waals surface area contributed by atoms with Crippen LogP contribution in [0.1, 0.15) is 12.8 Å². The molecule has 0 amide bonds. The van der Waals surface area contributed by atoms with Crippen LogP contribution in [0.25, 0.3) is 0 Å². The van der Waals surface area contributed by atoms with Crippen LogP contribution < -0.4 is 5.73 Å². The van der Waals surface area contributed by atoms with Crippen molar-refractivity contribution in [2.75, 3.05) is 46.6 Å². The lowest BCUT2D eigenvalue weighted by Gasteiger charge is -2.20. The topological polar surface area (TPSA) is 47.7 Å². The van der Waals surface area contributed by atoms with Crippen LogP contribution in [-0.2, 0) is 9.47 Å². The van der Waals surface area contributed by atoms with Gasteiger partial charge in [0.05, 0.1) is 19.8 Å². The Kier molecular flexibility index (Phi) is 6.10. The summed E-state index contributed by atoms with van der Waals surface area (Å²) in [5.41, 5.74) is 5.54. The zero-order chi connectivity index (χ0) is 10.2. The van der Waals surface area contributed by atoms with Gasteiger partial charge in [-0.25, -0.2) is 0 Å². The van der Waals surface area contributed by atoms with Gasteiger partial charge in [-0.3, -0.25) is 4.90 Å². The molecule has 0 unspecified atom stereocenters. The van der Waals surface area contributed by atoms with E-state index in [-0.39, 0.29) is 0 Å². The quantitative estimate of drug-likeness (QED) is 0.538. The first-order valence-corrected chi connectivity index (χ1v) is 5.39. The third kappa shape index (κ3) is 4.91. The van der Waals surface area contributed by atoms with Crippen LogP contribution in [0.3, 0.4) is 0 Å². The van der Waals surface area contributed by atoms with E-state index in [1.807, 2.05) is 0 Å². The normalized spacial score (nSPS) is 16.5. The Morgan fingerprint density at radius 1 is 1.21 bits per heavy atom. The van der Waals surface area contributed by atoms with Gasteiger partial charge in [0.25, 0.3) is 0 Å². The molecule has 84 valence electrons. The van der Waals surface area contributed by atoms with Crippen LogP contribution >= 0.6 is 0 Å². The monoisotopic (exact) mass is 202 g/mol. The highest BCUT2D eigenvalue weighted by molar-refractivity contribution is 4.84. The number of hydrogen-bond donors (Lipinski definition) is 1. The average molecular weight is 202 g/mol. The van der Waals surface area contributed by atoms with Crippen molar-refractivity contribution >= 4 is 0 Å². The summed E-state index contributed by atoms with van der Waals surface area (Å²) in [5.74, 6) is 0. The summed E-state index contributed by atoms with van der Waals surface area (Å²) in [6.45, 7) is 4.91. The summed E-state index contributed by atoms with van der Waals surface area (Å²) in [4.78, 5) is 2.42. The Hall–Kier alpha value is -0.160. The number of ether oxygens (including phenoxy) is 2. The third-order valence-electron chi connectivity index (χ3n) is 2.43. The maximum absolute atomic E-state index is 5.54. The molecular weight excluding hydrogens is 180 g/mol. The molecule has 1 aliphatic rings. The largest absolute Gasteiger partial charge is 0.382 e. The minimum absolute atomic E-state index is 0.681. The van der Waals surface area contributed by atoms with E-state index in [1.165, 1.54) is 12.8 Å². The number of nitrogens with zero attached hydrogens (tertiary/aromatic N) is 1. The van der Waals surface area contributed by atoms with Crippen molar-refractivity contribution in [3.05, 3.63) is 0 Å². The summed E-state index contributed by atoms with van der Waals surface area (Å²) in [6, 6.07) is 0.782. The Labute approximate surface area is 86.3 Å². The molecule has 0 saturated heterocycles. The zero-order valence-electron chi connectivity index (χ0n) is 9.08. The lowest BCUT2D eigenvalue weighted by Crippen LogP contribution is -2.34. The van der Waals surface area contributed by atoms with Gasteiger partial charge in [0.2, 0.25) is 0 Å². The summed E-state index contributed by atoms with van der Waals surface area (Å²) < 4.78 is 10.3. The minimum Gasteiger partial charge on any atom is -0.382 e. The Balaban J connectivity index is 1.96. The van der Waals surface area contributed by atoms with Crippen LogP contribution in [0.4, 0.5) is 0 Å². The van der Waals surface area contributed by atoms with E-state index in [0.29, 0.717) is 13.2 Å². The lowest BCUT2D eigenvalue weighted by atomic mass is 10.4. The van der Waals surface area contributed by atoms with Gasteiger partial charge in [-0.05, 0) is 12.8 Å². The number of rotatable bonds is 9. The van der Waals surface area contributed by atoms with Gasteiger partial charge < -0.3 is 15.2 Å². The van der Waals surface area contributed by atoms with Gasteiger partial charge in [-0.15, -0.1) is 0 Å². The van der Waals surface area contributed by atoms with Crippen LogP contribution in [0.15, 0.2) is 0 Å². The van der Waals surface area contributed by atoms with Crippen LogP contribution in [0.2, 0.25) is 0 Å². The second kappa shape index (κ2) is 7.17. The summed E-state index contributed by atoms with van der Waals surface area (Å²) >= 11 is 0. The highest BCUT2D eigenvalue weighted by atomic mass is 16.5. The number of methoxy groups -OCH3 is 1. The molecule has 4 heteroatoms. The van der Waals surface area contributed by atoms with Crippen molar-refractivity contribution < 1.29 is 9.47 Å². The molecule has 0 heterocycles. The van der Waals surface area contributed by atoms with Crippen LogP contribution in [-0.4, -0.2) is 57.5 Å². The molecule has 2 N–H and O–H groups in total. The molecule has 1 saturated carbocycles. The van der Waals surface area contributed by atoms with Gasteiger partial charge in [-0.1, -0.05) is 0 Å². The number of nitrogens with two attached hydrogens (primary N) is 1. The molecule has 4 nitrogen and oxygen atoms in total. The molecule has 14 heavy (non-hydrogen) atoms. The fraction of sp³-hybridized carbons (Fsp3) is 1.00. The van der Waals surface area contributed by atoms with Crippen LogP contribution in [0, 0.1) is 0 Å². The third-order valence-corrected chi connectivity index (χ3v) is 2.43. The first kappa shape index (κ1) is 11.9. The molecule has 1 fully saturated rings. The highest BCUT2D eigenvalue weighted by Gasteiger charge is 2.27. The fourth-order valence-corrected chi connectivity index (χ4v) is 1.51. The van der Waals surface area contributed by atoms with Crippen molar-refractivity contribution in [2.45, 2.75) is 18.9 Å². The maximum Gasteiger partial charge on any atom is 0.0700 e. The molecule has 0 aromatic carbocycles. The molecule has 0 bridgehead atoms. The van der Waals surface area contributed by atoms with E-state index in [2.05, 4.69) is 4.90 Å². The van der Waals surface area contributed by atoms with E-state index in [1.54, 1.807) is 7.11 Å². The molecule has 0 radical (unpaired) electrons. The number of hydrogen-bond acceptors (Lipinski definition) is 4. The van der Waals surface area contributed by atoms with Gasteiger partial charge in [-0.2, -0.15) is 0 Å². The highest BCUT2D eigenvalue weighted by Crippen LogP contribution is 2.25.